The second-order valence-corrected chi connectivity index (χ2v) is 7.43. The van der Waals surface area contributed by atoms with Gasteiger partial charge in [-0.2, -0.15) is 13.1 Å². The van der Waals surface area contributed by atoms with E-state index in [-0.39, 0.29) is 22.9 Å². The predicted octanol–water partition coefficient (Wildman–Crippen LogP) is 2.10. The van der Waals surface area contributed by atoms with Crippen LogP contribution in [-0.4, -0.2) is 19.6 Å². The van der Waals surface area contributed by atoms with Gasteiger partial charge in [-0.1, -0.05) is 26.8 Å². The Morgan fingerprint density at radius 3 is 2.42 bits per heavy atom. The fourth-order valence-corrected chi connectivity index (χ4v) is 2.87. The summed E-state index contributed by atoms with van der Waals surface area (Å²) in [7, 11) is -3.62. The van der Waals surface area contributed by atoms with Crippen LogP contribution in [0.3, 0.4) is 0 Å². The van der Waals surface area contributed by atoms with Gasteiger partial charge in [0.15, 0.2) is 0 Å². The van der Waals surface area contributed by atoms with Crippen molar-refractivity contribution in [3.63, 3.8) is 0 Å². The van der Waals surface area contributed by atoms with Crippen molar-refractivity contribution >= 4 is 15.9 Å². The Labute approximate surface area is 114 Å². The number of hydrogen-bond acceptors (Lipinski definition) is 3. The highest BCUT2D eigenvalue weighted by atomic mass is 32.2. The Morgan fingerprint density at radius 2 is 1.89 bits per heavy atom. The highest BCUT2D eigenvalue weighted by molar-refractivity contribution is 7.90. The van der Waals surface area contributed by atoms with Gasteiger partial charge in [-0.05, 0) is 36.0 Å². The van der Waals surface area contributed by atoms with Crippen LogP contribution in [0.15, 0.2) is 18.2 Å². The third-order valence-electron chi connectivity index (χ3n) is 3.01. The number of benzene rings is 1. The van der Waals surface area contributed by atoms with Gasteiger partial charge in [0.25, 0.3) is 10.2 Å². The van der Waals surface area contributed by atoms with Crippen LogP contribution < -0.4 is 9.44 Å². The molecule has 0 radical (unpaired) electrons. The Balaban J connectivity index is 2.23. The predicted molar refractivity (Wildman–Crippen MR) is 75.5 cm³/mol. The van der Waals surface area contributed by atoms with Crippen molar-refractivity contribution in [2.24, 2.45) is 0 Å². The molecule has 1 saturated carbocycles. The van der Waals surface area contributed by atoms with E-state index in [4.69, 9.17) is 0 Å². The Bertz CT molecular complexity index is 572. The molecule has 0 spiro atoms. The van der Waals surface area contributed by atoms with E-state index < -0.39 is 10.2 Å². The third kappa shape index (κ3) is 3.84. The highest BCUT2D eigenvalue weighted by Crippen LogP contribution is 2.31. The van der Waals surface area contributed by atoms with Gasteiger partial charge >= 0.3 is 0 Å². The molecule has 106 valence electrons. The van der Waals surface area contributed by atoms with Crippen molar-refractivity contribution in [1.29, 1.82) is 0 Å². The molecule has 1 aliphatic rings. The van der Waals surface area contributed by atoms with Crippen molar-refractivity contribution in [2.75, 3.05) is 4.72 Å². The quantitative estimate of drug-likeness (QED) is 0.741. The maximum Gasteiger partial charge on any atom is 0.299 e. The number of aromatic hydroxyl groups is 1. The van der Waals surface area contributed by atoms with Gasteiger partial charge in [0.2, 0.25) is 0 Å². The summed E-state index contributed by atoms with van der Waals surface area (Å²) in [6.07, 6.45) is 1.74. The van der Waals surface area contributed by atoms with E-state index >= 15 is 0 Å². The molecule has 19 heavy (non-hydrogen) atoms. The molecule has 0 atom stereocenters. The third-order valence-corrected chi connectivity index (χ3v) is 4.14. The fraction of sp³-hybridized carbons (Fsp3) is 0.538. The number of nitrogens with one attached hydrogen (secondary N) is 2. The molecule has 1 aromatic rings. The van der Waals surface area contributed by atoms with Gasteiger partial charge in [-0.25, -0.2) is 0 Å². The smallest absolute Gasteiger partial charge is 0.299 e. The highest BCUT2D eigenvalue weighted by Gasteiger charge is 2.27. The molecule has 0 saturated heterocycles. The average Bonchev–Trinajstić information content (AvgIpc) is 3.02. The molecule has 3 N–H and O–H groups in total. The van der Waals surface area contributed by atoms with Crippen molar-refractivity contribution < 1.29 is 13.5 Å². The van der Waals surface area contributed by atoms with Crippen LogP contribution in [0.4, 0.5) is 5.69 Å². The topological polar surface area (TPSA) is 78.4 Å². The molecule has 0 aliphatic heterocycles. The molecule has 1 aromatic carbocycles. The van der Waals surface area contributed by atoms with Crippen LogP contribution in [0.1, 0.15) is 39.2 Å². The van der Waals surface area contributed by atoms with Gasteiger partial charge in [0, 0.05) is 6.04 Å². The van der Waals surface area contributed by atoms with Gasteiger partial charge in [-0.3, -0.25) is 4.72 Å². The zero-order valence-corrected chi connectivity index (χ0v) is 12.2. The maximum atomic E-state index is 11.8. The standard InChI is InChI=1S/C13H20N2O3S/c1-13(2,3)9-4-7-12(16)11(8-9)15-19(17,18)14-10-5-6-10/h4,7-8,10,14-16H,5-6H2,1-3H3. The van der Waals surface area contributed by atoms with Crippen LogP contribution in [0.5, 0.6) is 5.75 Å². The second-order valence-electron chi connectivity index (χ2n) is 5.98. The van der Waals surface area contributed by atoms with E-state index in [2.05, 4.69) is 9.44 Å². The van der Waals surface area contributed by atoms with Crippen molar-refractivity contribution in [2.45, 2.75) is 45.1 Å². The van der Waals surface area contributed by atoms with E-state index in [0.29, 0.717) is 0 Å². The van der Waals surface area contributed by atoms with Crippen LogP contribution in [-0.2, 0) is 15.6 Å². The van der Waals surface area contributed by atoms with Crippen LogP contribution in [0, 0.1) is 0 Å². The van der Waals surface area contributed by atoms with E-state index in [1.165, 1.54) is 6.07 Å². The number of anilines is 1. The van der Waals surface area contributed by atoms with Gasteiger partial charge in [-0.15, -0.1) is 0 Å². The first-order valence-corrected chi connectivity index (χ1v) is 7.79. The first kappa shape index (κ1) is 14.1. The molecule has 1 fully saturated rings. The molecule has 5 nitrogen and oxygen atoms in total. The first-order valence-electron chi connectivity index (χ1n) is 6.31. The summed E-state index contributed by atoms with van der Waals surface area (Å²) in [5.74, 6) is -0.0748. The first-order chi connectivity index (χ1) is 8.67. The van der Waals surface area contributed by atoms with Gasteiger partial charge < -0.3 is 5.11 Å². The lowest BCUT2D eigenvalue weighted by Gasteiger charge is -2.20. The normalized spacial score (nSPS) is 16.4. The molecular formula is C13H20N2O3S. The van der Waals surface area contributed by atoms with Crippen LogP contribution >= 0.6 is 0 Å². The summed E-state index contributed by atoms with van der Waals surface area (Å²) in [6, 6.07) is 5.00. The van der Waals surface area contributed by atoms with Crippen molar-refractivity contribution in [1.82, 2.24) is 4.72 Å². The zero-order chi connectivity index (χ0) is 14.3. The Kier molecular flexibility index (Phi) is 3.49. The number of rotatable bonds is 4. The lowest BCUT2D eigenvalue weighted by atomic mass is 9.87. The largest absolute Gasteiger partial charge is 0.506 e. The molecule has 0 heterocycles. The van der Waals surface area contributed by atoms with Gasteiger partial charge in [0.1, 0.15) is 5.75 Å². The summed E-state index contributed by atoms with van der Waals surface area (Å²) < 4.78 is 28.6. The SMILES string of the molecule is CC(C)(C)c1ccc(O)c(NS(=O)(=O)NC2CC2)c1. The lowest BCUT2D eigenvalue weighted by molar-refractivity contribution is 0.476. The zero-order valence-electron chi connectivity index (χ0n) is 11.4. The molecule has 6 heteroatoms. The molecule has 1 aliphatic carbocycles. The van der Waals surface area contributed by atoms with E-state index in [0.717, 1.165) is 18.4 Å². The molecule has 0 amide bonds. The summed E-state index contributed by atoms with van der Waals surface area (Å²) in [6.45, 7) is 6.08. The molecule has 0 bridgehead atoms. The van der Waals surface area contributed by atoms with E-state index in [9.17, 15) is 13.5 Å². The number of phenols is 1. The minimum atomic E-state index is -3.62. The maximum absolute atomic E-state index is 11.8. The van der Waals surface area contributed by atoms with E-state index in [1.54, 1.807) is 12.1 Å². The Morgan fingerprint density at radius 1 is 1.26 bits per heavy atom. The monoisotopic (exact) mass is 284 g/mol. The van der Waals surface area contributed by atoms with Crippen LogP contribution in [0.2, 0.25) is 0 Å². The van der Waals surface area contributed by atoms with Crippen LogP contribution in [0.25, 0.3) is 0 Å². The molecule has 0 aromatic heterocycles. The molecule has 2 rings (SSSR count). The lowest BCUT2D eigenvalue weighted by Crippen LogP contribution is -2.31. The minimum Gasteiger partial charge on any atom is -0.506 e. The molecule has 0 unspecified atom stereocenters. The number of hydrogen-bond donors (Lipinski definition) is 3. The van der Waals surface area contributed by atoms with Gasteiger partial charge in [0.05, 0.1) is 5.69 Å². The van der Waals surface area contributed by atoms with E-state index in [1.807, 2.05) is 20.8 Å². The summed E-state index contributed by atoms with van der Waals surface area (Å²) in [5.41, 5.74) is 1.05. The Hall–Kier alpha value is -1.27. The van der Waals surface area contributed by atoms with Crippen molar-refractivity contribution in [3.05, 3.63) is 23.8 Å². The average molecular weight is 284 g/mol. The van der Waals surface area contributed by atoms with Crippen molar-refractivity contribution in [3.8, 4) is 5.75 Å². The summed E-state index contributed by atoms with van der Waals surface area (Å²) >= 11 is 0. The fourth-order valence-electron chi connectivity index (χ4n) is 1.68. The second kappa shape index (κ2) is 4.68. The summed E-state index contributed by atoms with van der Waals surface area (Å²) in [4.78, 5) is 0. The number of phenolic OH excluding ortho intramolecular Hbond substituents is 1. The minimum absolute atomic E-state index is 0.0328. The summed E-state index contributed by atoms with van der Waals surface area (Å²) in [5, 5.41) is 9.76. The molecular weight excluding hydrogens is 264 g/mol.